The van der Waals surface area contributed by atoms with E-state index in [4.69, 9.17) is 4.74 Å². The highest BCUT2D eigenvalue weighted by Gasteiger charge is 2.59. The Morgan fingerprint density at radius 2 is 1.88 bits per heavy atom. The third-order valence-electron chi connectivity index (χ3n) is 6.53. The summed E-state index contributed by atoms with van der Waals surface area (Å²) in [5.74, 6) is -1.46. The first-order valence-corrected chi connectivity index (χ1v) is 11.4. The lowest BCUT2D eigenvalue weighted by Crippen LogP contribution is -2.28. The van der Waals surface area contributed by atoms with E-state index in [2.05, 4.69) is 27.1 Å². The molecule has 0 radical (unpaired) electrons. The molecule has 2 fully saturated rings. The van der Waals surface area contributed by atoms with Crippen LogP contribution in [0.5, 0.6) is 5.75 Å². The van der Waals surface area contributed by atoms with Gasteiger partial charge in [0.25, 0.3) is 11.8 Å². The molecular formula is C24H17BrN4O5. The minimum absolute atomic E-state index is 0.0534. The summed E-state index contributed by atoms with van der Waals surface area (Å²) < 4.78 is 6.20. The number of carbonyl (C=O) groups is 2. The highest BCUT2D eigenvalue weighted by Crippen LogP contribution is 2.52. The molecule has 3 aliphatic rings. The molecule has 2 aromatic rings. The van der Waals surface area contributed by atoms with Crippen molar-refractivity contribution in [2.45, 2.75) is 13.0 Å². The van der Waals surface area contributed by atoms with Gasteiger partial charge in [0.15, 0.2) is 0 Å². The van der Waals surface area contributed by atoms with Crippen molar-refractivity contribution in [2.75, 3.05) is 0 Å². The van der Waals surface area contributed by atoms with E-state index in [0.29, 0.717) is 15.6 Å². The molecule has 2 aromatic carbocycles. The summed E-state index contributed by atoms with van der Waals surface area (Å²) in [4.78, 5) is 36.9. The van der Waals surface area contributed by atoms with E-state index >= 15 is 0 Å². The van der Waals surface area contributed by atoms with Crippen LogP contribution in [0, 0.1) is 45.1 Å². The smallest absolute Gasteiger partial charge is 0.312 e. The minimum atomic E-state index is -0.590. The molecular weight excluding hydrogens is 504 g/mol. The highest BCUT2D eigenvalue weighted by molar-refractivity contribution is 9.10. The Morgan fingerprint density at radius 1 is 1.21 bits per heavy atom. The zero-order valence-electron chi connectivity index (χ0n) is 17.6. The number of hydrogen-bond donors (Lipinski definition) is 0. The first-order valence-electron chi connectivity index (χ1n) is 10.6. The predicted molar refractivity (Wildman–Crippen MR) is 123 cm³/mol. The second kappa shape index (κ2) is 8.50. The van der Waals surface area contributed by atoms with Gasteiger partial charge in [-0.05, 0) is 30.4 Å². The lowest BCUT2D eigenvalue weighted by molar-refractivity contribution is -0.386. The van der Waals surface area contributed by atoms with Crippen molar-refractivity contribution < 1.29 is 19.2 Å². The Kier molecular flexibility index (Phi) is 5.49. The van der Waals surface area contributed by atoms with Crippen LogP contribution in [-0.4, -0.2) is 28.0 Å². The Labute approximate surface area is 202 Å². The topological polar surface area (TPSA) is 126 Å². The molecule has 5 rings (SSSR count). The number of benzene rings is 2. The average molecular weight is 521 g/mol. The fraction of sp³-hybridized carbons (Fsp3) is 0.250. The summed E-state index contributed by atoms with van der Waals surface area (Å²) >= 11 is 3.25. The number of nitro benzene ring substituents is 1. The van der Waals surface area contributed by atoms with Gasteiger partial charge in [-0.3, -0.25) is 19.7 Å². The van der Waals surface area contributed by atoms with Gasteiger partial charge in [-0.2, -0.15) is 15.4 Å². The molecule has 4 atom stereocenters. The van der Waals surface area contributed by atoms with Gasteiger partial charge in [0.1, 0.15) is 6.61 Å². The molecule has 1 saturated heterocycles. The van der Waals surface area contributed by atoms with Crippen molar-refractivity contribution in [3.8, 4) is 11.8 Å². The van der Waals surface area contributed by atoms with Crippen LogP contribution in [0.3, 0.4) is 0 Å². The largest absolute Gasteiger partial charge is 0.481 e. The number of imide groups is 1. The lowest BCUT2D eigenvalue weighted by atomic mass is 9.85. The highest BCUT2D eigenvalue weighted by atomic mass is 79.9. The maximum atomic E-state index is 12.9. The Morgan fingerprint density at radius 3 is 2.53 bits per heavy atom. The molecule has 1 saturated carbocycles. The van der Waals surface area contributed by atoms with Gasteiger partial charge in [0, 0.05) is 21.7 Å². The van der Waals surface area contributed by atoms with Crippen LogP contribution < -0.4 is 4.74 Å². The van der Waals surface area contributed by atoms with Crippen LogP contribution in [0.25, 0.3) is 0 Å². The number of allylic oxidation sites excluding steroid dienone is 2. The van der Waals surface area contributed by atoms with E-state index < -0.39 is 16.8 Å². The summed E-state index contributed by atoms with van der Waals surface area (Å²) in [6, 6.07) is 11.7. The molecule has 1 heterocycles. The number of nitriles is 1. The van der Waals surface area contributed by atoms with Gasteiger partial charge in [-0.1, -0.05) is 46.3 Å². The first-order chi connectivity index (χ1) is 16.4. The van der Waals surface area contributed by atoms with Gasteiger partial charge in [0.05, 0.1) is 34.6 Å². The maximum absolute atomic E-state index is 12.9. The molecule has 0 spiro atoms. The summed E-state index contributed by atoms with van der Waals surface area (Å²) in [5.41, 5.74) is 0.851. The van der Waals surface area contributed by atoms with Crippen molar-refractivity contribution in [3.05, 3.63) is 79.8 Å². The molecule has 0 N–H and O–H groups in total. The fourth-order valence-electron chi connectivity index (χ4n) is 5.01. The van der Waals surface area contributed by atoms with Crippen molar-refractivity contribution in [1.82, 2.24) is 5.01 Å². The SMILES string of the molecule is N#Cc1ccccc1COc1c(C=NN2C(=O)[C@@H]3[C@H](C2=O)[C@H]2C=C[C@H]3C2)cc(Br)cc1[N+](=O)[O-]. The maximum Gasteiger partial charge on any atom is 0.312 e. The van der Waals surface area contributed by atoms with E-state index in [-0.39, 0.29) is 47.3 Å². The zero-order chi connectivity index (χ0) is 24.0. The molecule has 0 aromatic heterocycles. The number of amides is 2. The van der Waals surface area contributed by atoms with Crippen molar-refractivity contribution in [1.29, 1.82) is 5.26 Å². The third-order valence-corrected chi connectivity index (χ3v) is 6.99. The molecule has 0 unspecified atom stereocenters. The third kappa shape index (κ3) is 3.58. The van der Waals surface area contributed by atoms with Crippen LogP contribution in [0.15, 0.2) is 58.1 Å². The van der Waals surface area contributed by atoms with Crippen molar-refractivity contribution in [3.63, 3.8) is 0 Å². The summed E-state index contributed by atoms with van der Waals surface area (Å²) in [7, 11) is 0. The van der Waals surface area contributed by atoms with Crippen molar-refractivity contribution >= 4 is 39.6 Å². The van der Waals surface area contributed by atoms with Gasteiger partial charge in [0.2, 0.25) is 5.75 Å². The normalized spacial score (nSPS) is 24.6. The molecule has 34 heavy (non-hydrogen) atoms. The second-order valence-electron chi connectivity index (χ2n) is 8.39. The predicted octanol–water partition coefficient (Wildman–Crippen LogP) is 3.95. The van der Waals surface area contributed by atoms with Crippen LogP contribution in [0.1, 0.15) is 23.1 Å². The molecule has 170 valence electrons. The van der Waals surface area contributed by atoms with E-state index in [1.165, 1.54) is 12.3 Å². The first kappa shape index (κ1) is 22.0. The second-order valence-corrected chi connectivity index (χ2v) is 9.31. The van der Waals surface area contributed by atoms with Gasteiger partial charge >= 0.3 is 5.69 Å². The number of carbonyl (C=O) groups excluding carboxylic acids is 2. The summed E-state index contributed by atoms with van der Waals surface area (Å²) in [6.07, 6.45) is 6.03. The number of fused-ring (bicyclic) bond motifs is 5. The quantitative estimate of drug-likeness (QED) is 0.186. The van der Waals surface area contributed by atoms with E-state index in [0.717, 1.165) is 11.4 Å². The number of ether oxygens (including phenoxy) is 1. The van der Waals surface area contributed by atoms with Crippen LogP contribution in [0.2, 0.25) is 0 Å². The number of hydrogen-bond acceptors (Lipinski definition) is 7. The van der Waals surface area contributed by atoms with Crippen molar-refractivity contribution in [2.24, 2.45) is 28.8 Å². The van der Waals surface area contributed by atoms with Gasteiger partial charge < -0.3 is 4.74 Å². The average Bonchev–Trinajstić information content (AvgIpc) is 3.51. The van der Waals surface area contributed by atoms with E-state index in [9.17, 15) is 25.0 Å². The Bertz CT molecular complexity index is 1300. The van der Waals surface area contributed by atoms with E-state index in [1.807, 2.05) is 12.2 Å². The molecule has 2 aliphatic carbocycles. The Hall–Kier alpha value is -3.84. The monoisotopic (exact) mass is 520 g/mol. The summed E-state index contributed by atoms with van der Waals surface area (Å²) in [5, 5.41) is 26.0. The molecule has 2 bridgehead atoms. The van der Waals surface area contributed by atoms with Crippen LogP contribution >= 0.6 is 15.9 Å². The number of nitro groups is 1. The zero-order valence-corrected chi connectivity index (χ0v) is 19.2. The fourth-order valence-corrected chi connectivity index (χ4v) is 5.48. The molecule has 9 nitrogen and oxygen atoms in total. The summed E-state index contributed by atoms with van der Waals surface area (Å²) in [6.45, 7) is -0.0895. The number of halogens is 1. The molecule has 2 amide bonds. The number of rotatable bonds is 6. The molecule has 1 aliphatic heterocycles. The van der Waals surface area contributed by atoms with Gasteiger partial charge in [-0.25, -0.2) is 0 Å². The molecule has 10 heteroatoms. The van der Waals surface area contributed by atoms with Crippen LogP contribution in [-0.2, 0) is 16.2 Å². The minimum Gasteiger partial charge on any atom is -0.481 e. The lowest BCUT2D eigenvalue weighted by Gasteiger charge is -2.13. The standard InChI is InChI=1S/C24H17BrN4O5/c25-18-8-17(11-27-28-23(30)20-13-5-6-14(7-13)21(20)24(28)31)22(19(9-18)29(32)33)34-12-16-4-2-1-3-15(16)10-26/h1-6,8-9,11,13-14,20-21H,7,12H2/t13-,14-,20-,21+/m0/s1. The van der Waals surface area contributed by atoms with Gasteiger partial charge in [-0.15, -0.1) is 0 Å². The number of hydrazone groups is 1. The van der Waals surface area contributed by atoms with E-state index in [1.54, 1.807) is 30.3 Å². The Balaban J connectivity index is 1.46. The van der Waals surface area contributed by atoms with Crippen LogP contribution in [0.4, 0.5) is 5.69 Å². The number of nitrogens with zero attached hydrogens (tertiary/aromatic N) is 4.